The zero-order chi connectivity index (χ0) is 25.4. The van der Waals surface area contributed by atoms with Crippen molar-refractivity contribution in [1.29, 1.82) is 0 Å². The van der Waals surface area contributed by atoms with Crippen LogP contribution in [0.3, 0.4) is 0 Å². The maximum Gasteiger partial charge on any atom is 0.262 e. The molecule has 1 saturated heterocycles. The third kappa shape index (κ3) is 4.24. The van der Waals surface area contributed by atoms with Crippen molar-refractivity contribution in [2.24, 2.45) is 0 Å². The van der Waals surface area contributed by atoms with Gasteiger partial charge in [0.25, 0.3) is 11.8 Å². The lowest BCUT2D eigenvalue weighted by molar-refractivity contribution is -0.133. The first kappa shape index (κ1) is 23.7. The summed E-state index contributed by atoms with van der Waals surface area (Å²) < 4.78 is 2.09. The molecule has 5 rings (SSSR count). The van der Waals surface area contributed by atoms with Gasteiger partial charge in [0.1, 0.15) is 6.54 Å². The number of aromatic nitrogens is 1. The molecule has 0 aliphatic carbocycles. The Labute approximate surface area is 209 Å². The fraction of sp³-hybridized carbons (Fsp3) is 0.286. The lowest BCUT2D eigenvalue weighted by Crippen LogP contribution is -2.52. The van der Waals surface area contributed by atoms with E-state index in [0.29, 0.717) is 42.9 Å². The van der Waals surface area contributed by atoms with Gasteiger partial charge in [-0.25, -0.2) is 0 Å². The summed E-state index contributed by atoms with van der Waals surface area (Å²) in [6.45, 7) is 5.96. The molecule has 0 atom stereocenters. The Balaban J connectivity index is 1.17. The van der Waals surface area contributed by atoms with E-state index in [9.17, 15) is 19.2 Å². The van der Waals surface area contributed by atoms with Crippen molar-refractivity contribution in [3.05, 3.63) is 88.7 Å². The van der Waals surface area contributed by atoms with Crippen molar-refractivity contribution in [3.63, 3.8) is 0 Å². The number of aryl methyl sites for hydroxylation is 1. The van der Waals surface area contributed by atoms with Crippen LogP contribution in [0, 0.1) is 13.8 Å². The summed E-state index contributed by atoms with van der Waals surface area (Å²) in [6, 6.07) is 18.5. The second-order valence-electron chi connectivity index (χ2n) is 9.28. The zero-order valence-corrected chi connectivity index (χ0v) is 20.4. The monoisotopic (exact) mass is 484 g/mol. The molecule has 0 radical (unpaired) electrons. The minimum Gasteiger partial charge on any atom is -0.339 e. The number of hydrogen-bond donors (Lipinski definition) is 0. The molecule has 8 heteroatoms. The van der Waals surface area contributed by atoms with Gasteiger partial charge in [0.15, 0.2) is 5.78 Å². The number of para-hydroxylation sites is 1. The number of piperazine rings is 1. The van der Waals surface area contributed by atoms with Crippen molar-refractivity contribution >= 4 is 23.5 Å². The number of benzene rings is 2. The van der Waals surface area contributed by atoms with Crippen LogP contribution in [0.25, 0.3) is 5.69 Å². The van der Waals surface area contributed by atoms with E-state index in [2.05, 4.69) is 4.57 Å². The number of ketones is 1. The molecule has 1 aromatic heterocycles. The quantitative estimate of drug-likeness (QED) is 0.397. The summed E-state index contributed by atoms with van der Waals surface area (Å²) in [7, 11) is 0. The smallest absolute Gasteiger partial charge is 0.262 e. The van der Waals surface area contributed by atoms with E-state index >= 15 is 0 Å². The third-order valence-electron chi connectivity index (χ3n) is 7.01. The average Bonchev–Trinajstić information content (AvgIpc) is 3.32. The molecule has 0 saturated carbocycles. The molecular formula is C28H28N4O4. The predicted octanol–water partition coefficient (Wildman–Crippen LogP) is 2.72. The number of nitrogens with zero attached hydrogens (tertiary/aromatic N) is 4. The van der Waals surface area contributed by atoms with Gasteiger partial charge in [0.2, 0.25) is 5.91 Å². The predicted molar refractivity (Wildman–Crippen MR) is 134 cm³/mol. The van der Waals surface area contributed by atoms with Gasteiger partial charge in [0.05, 0.1) is 17.7 Å². The molecule has 0 spiro atoms. The third-order valence-corrected chi connectivity index (χ3v) is 7.01. The molecule has 1 fully saturated rings. The molecule has 3 amide bonds. The van der Waals surface area contributed by atoms with Gasteiger partial charge in [-0.15, -0.1) is 0 Å². The molecule has 3 aromatic rings. The number of carbonyl (C=O) groups excluding carboxylic acids is 4. The Morgan fingerprint density at radius 1 is 0.778 bits per heavy atom. The Morgan fingerprint density at radius 2 is 1.36 bits per heavy atom. The van der Waals surface area contributed by atoms with Gasteiger partial charge in [0, 0.05) is 48.8 Å². The normalized spacial score (nSPS) is 15.9. The Bertz CT molecular complexity index is 1320. The molecule has 36 heavy (non-hydrogen) atoms. The molecule has 184 valence electrons. The first-order valence-corrected chi connectivity index (χ1v) is 12.1. The summed E-state index contributed by atoms with van der Waals surface area (Å²) in [5.74, 6) is -1.07. The number of amides is 3. The first-order chi connectivity index (χ1) is 17.3. The van der Waals surface area contributed by atoms with Gasteiger partial charge in [-0.1, -0.05) is 30.3 Å². The minimum absolute atomic E-state index is 0.0519. The molecule has 2 aliphatic rings. The van der Waals surface area contributed by atoms with Gasteiger partial charge in [-0.3, -0.25) is 29.0 Å². The lowest BCUT2D eigenvalue weighted by Gasteiger charge is -2.34. The molecule has 2 aromatic carbocycles. The summed E-state index contributed by atoms with van der Waals surface area (Å²) in [5, 5.41) is 0. The summed E-state index contributed by atoms with van der Waals surface area (Å²) in [6.07, 6.45) is 0. The lowest BCUT2D eigenvalue weighted by atomic mass is 10.1. The van der Waals surface area contributed by atoms with E-state index < -0.39 is 11.8 Å². The number of carbonyl (C=O) groups is 4. The summed E-state index contributed by atoms with van der Waals surface area (Å²) >= 11 is 0. The molecule has 2 aliphatic heterocycles. The molecule has 0 unspecified atom stereocenters. The van der Waals surface area contributed by atoms with E-state index in [0.717, 1.165) is 22.0 Å². The van der Waals surface area contributed by atoms with Gasteiger partial charge in [-0.05, 0) is 44.2 Å². The molecule has 3 heterocycles. The molecule has 8 nitrogen and oxygen atoms in total. The standard InChI is InChI=1S/C28H28N4O4/c1-19-16-24(20(2)32(19)21-8-4-3-5-9-21)25(33)17-29-12-14-30(15-13-29)26(34)18-31-27(35)22-10-6-7-11-23(22)28(31)36/h3-11,16H,12-15,17-18H2,1-2H3. The van der Waals surface area contributed by atoms with Crippen LogP contribution in [0.4, 0.5) is 0 Å². The second-order valence-corrected chi connectivity index (χ2v) is 9.28. The highest BCUT2D eigenvalue weighted by atomic mass is 16.2. The molecular weight excluding hydrogens is 456 g/mol. The topological polar surface area (TPSA) is 82.9 Å². The fourth-order valence-corrected chi connectivity index (χ4v) is 5.08. The van der Waals surface area contributed by atoms with E-state index in [-0.39, 0.29) is 24.8 Å². The van der Waals surface area contributed by atoms with Gasteiger partial charge in [-0.2, -0.15) is 0 Å². The number of imide groups is 1. The van der Waals surface area contributed by atoms with Crippen LogP contribution in [-0.2, 0) is 4.79 Å². The van der Waals surface area contributed by atoms with E-state index in [1.807, 2.05) is 55.1 Å². The minimum atomic E-state index is -0.429. The van der Waals surface area contributed by atoms with E-state index in [1.54, 1.807) is 29.2 Å². The maximum absolute atomic E-state index is 13.1. The van der Waals surface area contributed by atoms with E-state index in [4.69, 9.17) is 0 Å². The first-order valence-electron chi connectivity index (χ1n) is 12.1. The van der Waals surface area contributed by atoms with Crippen LogP contribution in [0.5, 0.6) is 0 Å². The SMILES string of the molecule is Cc1cc(C(=O)CN2CCN(C(=O)CN3C(=O)c4ccccc4C3=O)CC2)c(C)n1-c1ccccc1. The van der Waals surface area contributed by atoms with Crippen LogP contribution in [0.15, 0.2) is 60.7 Å². The number of rotatable bonds is 6. The van der Waals surface area contributed by atoms with Crippen molar-refractivity contribution in [1.82, 2.24) is 19.3 Å². The highest BCUT2D eigenvalue weighted by Crippen LogP contribution is 2.23. The van der Waals surface area contributed by atoms with Crippen molar-refractivity contribution in [2.75, 3.05) is 39.3 Å². The Kier molecular flexibility index (Phi) is 6.28. The Hall–Kier alpha value is -4.04. The van der Waals surface area contributed by atoms with Crippen LogP contribution < -0.4 is 0 Å². The number of hydrogen-bond acceptors (Lipinski definition) is 5. The van der Waals surface area contributed by atoms with Gasteiger partial charge < -0.3 is 9.47 Å². The summed E-state index contributed by atoms with van der Waals surface area (Å²) in [5.41, 5.74) is 4.33. The number of Topliss-reactive ketones (excluding diaryl/α,β-unsaturated/α-hetero) is 1. The van der Waals surface area contributed by atoms with Crippen molar-refractivity contribution < 1.29 is 19.2 Å². The van der Waals surface area contributed by atoms with Crippen LogP contribution >= 0.6 is 0 Å². The summed E-state index contributed by atoms with van der Waals surface area (Å²) in [4.78, 5) is 55.8. The van der Waals surface area contributed by atoms with Crippen molar-refractivity contribution in [2.45, 2.75) is 13.8 Å². The Morgan fingerprint density at radius 3 is 1.97 bits per heavy atom. The van der Waals surface area contributed by atoms with Crippen LogP contribution in [-0.4, -0.2) is 82.0 Å². The maximum atomic E-state index is 13.1. The van der Waals surface area contributed by atoms with E-state index in [1.165, 1.54) is 0 Å². The molecule has 0 N–H and O–H groups in total. The van der Waals surface area contributed by atoms with Gasteiger partial charge >= 0.3 is 0 Å². The fourth-order valence-electron chi connectivity index (χ4n) is 5.08. The number of fused-ring (bicyclic) bond motifs is 1. The largest absolute Gasteiger partial charge is 0.339 e. The van der Waals surface area contributed by atoms with Crippen molar-refractivity contribution in [3.8, 4) is 5.69 Å². The van der Waals surface area contributed by atoms with Crippen LogP contribution in [0.1, 0.15) is 42.5 Å². The average molecular weight is 485 g/mol. The van der Waals surface area contributed by atoms with Crippen LogP contribution in [0.2, 0.25) is 0 Å². The molecule has 0 bridgehead atoms. The zero-order valence-electron chi connectivity index (χ0n) is 20.4. The highest BCUT2D eigenvalue weighted by molar-refractivity contribution is 6.22. The second kappa shape index (κ2) is 9.54. The highest BCUT2D eigenvalue weighted by Gasteiger charge is 2.37.